The average molecular weight is 409 g/mol. The maximum absolute atomic E-state index is 13.4. The van der Waals surface area contributed by atoms with Gasteiger partial charge in [0.05, 0.1) is 15.4 Å². The molecular formula is C22H17ClN2O2S. The minimum absolute atomic E-state index is 0.197. The molecule has 0 spiro atoms. The second kappa shape index (κ2) is 7.31. The number of benzene rings is 2. The monoisotopic (exact) mass is 408 g/mol. The van der Waals surface area contributed by atoms with Gasteiger partial charge in [-0.3, -0.25) is 0 Å². The van der Waals surface area contributed by atoms with E-state index in [4.69, 9.17) is 11.6 Å². The lowest BCUT2D eigenvalue weighted by atomic mass is 10.1. The first-order chi connectivity index (χ1) is 13.5. The number of aromatic nitrogens is 2. The fourth-order valence-electron chi connectivity index (χ4n) is 3.17. The average Bonchev–Trinajstić information content (AvgIpc) is 3.04. The first kappa shape index (κ1) is 18.5. The summed E-state index contributed by atoms with van der Waals surface area (Å²) in [6.45, 7) is 2.07. The fourth-order valence-corrected chi connectivity index (χ4v) is 4.91. The third kappa shape index (κ3) is 3.05. The molecule has 140 valence electrons. The van der Waals surface area contributed by atoms with Gasteiger partial charge in [-0.25, -0.2) is 17.4 Å². The van der Waals surface area contributed by atoms with Gasteiger partial charge in [0.25, 0.3) is 10.0 Å². The Morgan fingerprint density at radius 3 is 2.64 bits per heavy atom. The summed E-state index contributed by atoms with van der Waals surface area (Å²) in [5.41, 5.74) is 1.66. The van der Waals surface area contributed by atoms with Crippen LogP contribution in [0.3, 0.4) is 0 Å². The van der Waals surface area contributed by atoms with E-state index in [9.17, 15) is 8.42 Å². The summed E-state index contributed by atoms with van der Waals surface area (Å²) in [5.74, 6) is 6.25. The Balaban J connectivity index is 2.07. The Kier molecular flexibility index (Phi) is 4.84. The topological polar surface area (TPSA) is 52.0 Å². The van der Waals surface area contributed by atoms with Crippen molar-refractivity contribution < 1.29 is 8.42 Å². The van der Waals surface area contributed by atoms with Crippen LogP contribution in [-0.2, 0) is 10.0 Å². The molecule has 0 atom stereocenters. The molecule has 0 aliphatic carbocycles. The van der Waals surface area contributed by atoms with Crippen molar-refractivity contribution in [1.29, 1.82) is 0 Å². The molecule has 0 unspecified atom stereocenters. The molecule has 0 amide bonds. The molecular weight excluding hydrogens is 392 g/mol. The Morgan fingerprint density at radius 1 is 1.11 bits per heavy atom. The molecule has 2 heterocycles. The van der Waals surface area contributed by atoms with Crippen LogP contribution in [-0.4, -0.2) is 17.4 Å². The second-order valence-electron chi connectivity index (χ2n) is 6.36. The highest BCUT2D eigenvalue weighted by Crippen LogP contribution is 2.35. The molecule has 0 bridgehead atoms. The van der Waals surface area contributed by atoms with Crippen LogP contribution in [0.2, 0.25) is 5.02 Å². The van der Waals surface area contributed by atoms with E-state index < -0.39 is 10.0 Å². The summed E-state index contributed by atoms with van der Waals surface area (Å²) < 4.78 is 28.0. The van der Waals surface area contributed by atoms with Gasteiger partial charge in [-0.1, -0.05) is 48.6 Å². The largest absolute Gasteiger partial charge is 0.269 e. The van der Waals surface area contributed by atoms with E-state index in [1.54, 1.807) is 42.5 Å². The second-order valence-corrected chi connectivity index (χ2v) is 8.55. The Morgan fingerprint density at radius 2 is 1.89 bits per heavy atom. The third-order valence-corrected chi connectivity index (χ3v) is 6.48. The predicted octanol–water partition coefficient (Wildman–Crippen LogP) is 5.23. The number of rotatable bonds is 3. The molecule has 28 heavy (non-hydrogen) atoms. The van der Waals surface area contributed by atoms with Crippen LogP contribution in [0.1, 0.15) is 25.3 Å². The number of hydrogen-bond donors (Lipinski definition) is 0. The van der Waals surface area contributed by atoms with Crippen molar-refractivity contribution in [1.82, 2.24) is 8.96 Å². The van der Waals surface area contributed by atoms with Crippen molar-refractivity contribution in [3.8, 4) is 11.8 Å². The molecule has 2 aromatic carbocycles. The molecule has 0 radical (unpaired) electrons. The summed E-state index contributed by atoms with van der Waals surface area (Å²) in [5, 5.41) is 1.78. The van der Waals surface area contributed by atoms with Crippen molar-refractivity contribution in [3.63, 3.8) is 0 Å². The van der Waals surface area contributed by atoms with Gasteiger partial charge in [0, 0.05) is 29.0 Å². The zero-order valence-corrected chi connectivity index (χ0v) is 16.8. The van der Waals surface area contributed by atoms with Gasteiger partial charge in [-0.05, 0) is 42.8 Å². The van der Waals surface area contributed by atoms with Crippen LogP contribution >= 0.6 is 11.6 Å². The highest BCUT2D eigenvalue weighted by atomic mass is 35.5. The Hall–Kier alpha value is -2.81. The first-order valence-corrected chi connectivity index (χ1v) is 10.7. The van der Waals surface area contributed by atoms with E-state index in [2.05, 4.69) is 23.7 Å². The SMILES string of the molecule is CCCC#Cc1ccc2c(c1)c1c(Cl)ccnc1n2S(=O)(=O)c1ccccc1. The van der Waals surface area contributed by atoms with Crippen LogP contribution in [0.5, 0.6) is 0 Å². The van der Waals surface area contributed by atoms with E-state index in [1.165, 1.54) is 10.2 Å². The van der Waals surface area contributed by atoms with Gasteiger partial charge in [0.2, 0.25) is 0 Å². The van der Waals surface area contributed by atoms with Gasteiger partial charge in [-0.15, -0.1) is 0 Å². The summed E-state index contributed by atoms with van der Waals surface area (Å²) in [7, 11) is -3.84. The lowest BCUT2D eigenvalue weighted by molar-refractivity contribution is 0.590. The Labute approximate surface area is 168 Å². The molecule has 2 aromatic heterocycles. The van der Waals surface area contributed by atoms with Crippen LogP contribution in [0.15, 0.2) is 65.7 Å². The standard InChI is InChI=1S/C22H17ClN2O2S/c1-2-3-5-8-16-11-12-20-18(15-16)21-19(23)13-14-24-22(21)25(20)28(26,27)17-9-6-4-7-10-17/h4,6-7,9-15H,2-3H2,1H3. The van der Waals surface area contributed by atoms with E-state index >= 15 is 0 Å². The van der Waals surface area contributed by atoms with Gasteiger partial charge >= 0.3 is 0 Å². The predicted molar refractivity (Wildman–Crippen MR) is 113 cm³/mol. The molecule has 0 aliphatic rings. The van der Waals surface area contributed by atoms with Crippen LogP contribution < -0.4 is 0 Å². The molecule has 0 fully saturated rings. The number of halogens is 1. The highest BCUT2D eigenvalue weighted by molar-refractivity contribution is 7.90. The van der Waals surface area contributed by atoms with Gasteiger partial charge in [0.15, 0.2) is 5.65 Å². The molecule has 4 rings (SSSR count). The van der Waals surface area contributed by atoms with Crippen molar-refractivity contribution >= 4 is 43.6 Å². The van der Waals surface area contributed by atoms with Crippen molar-refractivity contribution in [3.05, 3.63) is 71.4 Å². The summed E-state index contributed by atoms with van der Waals surface area (Å²) >= 11 is 6.44. The van der Waals surface area contributed by atoms with Crippen LogP contribution in [0.4, 0.5) is 0 Å². The van der Waals surface area contributed by atoms with Gasteiger partial charge < -0.3 is 0 Å². The third-order valence-electron chi connectivity index (χ3n) is 4.45. The van der Waals surface area contributed by atoms with Gasteiger partial charge in [0.1, 0.15) is 0 Å². The van der Waals surface area contributed by atoms with Crippen molar-refractivity contribution in [2.24, 2.45) is 0 Å². The lowest BCUT2D eigenvalue weighted by Gasteiger charge is -2.08. The van der Waals surface area contributed by atoms with Crippen molar-refractivity contribution in [2.75, 3.05) is 0 Å². The summed E-state index contributed by atoms with van der Waals surface area (Å²) in [6, 6.07) is 15.5. The molecule has 0 aliphatic heterocycles. The maximum Gasteiger partial charge on any atom is 0.269 e. The molecule has 6 heteroatoms. The van der Waals surface area contributed by atoms with Crippen molar-refractivity contribution in [2.45, 2.75) is 24.7 Å². The highest BCUT2D eigenvalue weighted by Gasteiger charge is 2.25. The molecule has 0 saturated carbocycles. The van der Waals surface area contributed by atoms with E-state index in [0.717, 1.165) is 23.8 Å². The molecule has 4 nitrogen and oxygen atoms in total. The number of unbranched alkanes of at least 4 members (excludes halogenated alkanes) is 1. The quantitative estimate of drug-likeness (QED) is 0.436. The minimum atomic E-state index is -3.84. The minimum Gasteiger partial charge on any atom is -0.237 e. The maximum atomic E-state index is 13.4. The Bertz CT molecular complexity index is 1350. The summed E-state index contributed by atoms with van der Waals surface area (Å²) in [6.07, 6.45) is 3.31. The molecule has 4 aromatic rings. The summed E-state index contributed by atoms with van der Waals surface area (Å²) in [4.78, 5) is 4.54. The zero-order valence-electron chi connectivity index (χ0n) is 15.2. The fraction of sp³-hybridized carbons (Fsp3) is 0.136. The smallest absolute Gasteiger partial charge is 0.237 e. The van der Waals surface area contributed by atoms with Crippen LogP contribution in [0.25, 0.3) is 21.9 Å². The number of fused-ring (bicyclic) bond motifs is 3. The molecule has 0 N–H and O–H groups in total. The number of hydrogen-bond acceptors (Lipinski definition) is 3. The lowest BCUT2D eigenvalue weighted by Crippen LogP contribution is -2.13. The van der Waals surface area contributed by atoms with E-state index in [-0.39, 0.29) is 4.90 Å². The zero-order chi connectivity index (χ0) is 19.7. The first-order valence-electron chi connectivity index (χ1n) is 8.92. The number of nitrogens with zero attached hydrogens (tertiary/aromatic N) is 2. The van der Waals surface area contributed by atoms with E-state index in [0.29, 0.717) is 21.6 Å². The normalized spacial score (nSPS) is 11.5. The number of pyridine rings is 1. The molecule has 0 saturated heterocycles. The van der Waals surface area contributed by atoms with E-state index in [1.807, 2.05) is 12.1 Å². The van der Waals surface area contributed by atoms with Gasteiger partial charge in [-0.2, -0.15) is 0 Å². The van der Waals surface area contributed by atoms with Crippen LogP contribution in [0, 0.1) is 11.8 Å².